The van der Waals surface area contributed by atoms with E-state index in [1.807, 2.05) is 0 Å². The van der Waals surface area contributed by atoms with Gasteiger partial charge in [-0.15, -0.1) is 0 Å². The van der Waals surface area contributed by atoms with Crippen LogP contribution in [0.15, 0.2) is 9.98 Å². The maximum atomic E-state index is 6.77. The zero-order valence-corrected chi connectivity index (χ0v) is 5.33. The maximum absolute atomic E-state index is 6.77. The Morgan fingerprint density at radius 3 is 2.89 bits per heavy atom. The molecule has 9 heavy (non-hydrogen) atoms. The SMILES string of the molecule is CN=CN=CCC(=N)N. The lowest BCUT2D eigenvalue weighted by molar-refractivity contribution is 1.36. The van der Waals surface area contributed by atoms with Gasteiger partial charge in [-0.1, -0.05) is 0 Å². The molecule has 0 unspecified atom stereocenters. The summed E-state index contributed by atoms with van der Waals surface area (Å²) < 4.78 is 0. The largest absolute Gasteiger partial charge is 0.387 e. The van der Waals surface area contributed by atoms with E-state index in [0.29, 0.717) is 6.42 Å². The molecule has 0 aromatic carbocycles. The number of nitrogens with two attached hydrogens (primary N) is 1. The number of nitrogens with zero attached hydrogens (tertiary/aromatic N) is 2. The molecule has 0 saturated carbocycles. The molecule has 0 atom stereocenters. The van der Waals surface area contributed by atoms with Crippen molar-refractivity contribution in [1.82, 2.24) is 0 Å². The summed E-state index contributed by atoms with van der Waals surface area (Å²) in [6.45, 7) is 0. The van der Waals surface area contributed by atoms with Crippen molar-refractivity contribution in [2.75, 3.05) is 7.05 Å². The van der Waals surface area contributed by atoms with Crippen LogP contribution in [0.5, 0.6) is 0 Å². The van der Waals surface area contributed by atoms with Crippen LogP contribution in [0.2, 0.25) is 0 Å². The maximum Gasteiger partial charge on any atom is 0.109 e. The number of nitrogens with one attached hydrogen (secondary N) is 1. The molecule has 0 radical (unpaired) electrons. The van der Waals surface area contributed by atoms with Crippen LogP contribution in [-0.2, 0) is 0 Å². The fraction of sp³-hybridized carbons (Fsp3) is 0.400. The zero-order valence-electron chi connectivity index (χ0n) is 5.33. The molecular formula is C5H10N4. The predicted molar refractivity (Wildman–Crippen MR) is 39.4 cm³/mol. The second-order valence-electron chi connectivity index (χ2n) is 1.43. The van der Waals surface area contributed by atoms with Gasteiger partial charge in [0.15, 0.2) is 0 Å². The van der Waals surface area contributed by atoms with Crippen LogP contribution in [0.1, 0.15) is 6.42 Å². The second kappa shape index (κ2) is 4.96. The van der Waals surface area contributed by atoms with Crippen LogP contribution >= 0.6 is 0 Å². The van der Waals surface area contributed by atoms with Gasteiger partial charge in [0.1, 0.15) is 6.34 Å². The Balaban J connectivity index is 3.36. The Hall–Kier alpha value is -1.19. The van der Waals surface area contributed by atoms with E-state index in [0.717, 1.165) is 0 Å². The van der Waals surface area contributed by atoms with Gasteiger partial charge in [-0.3, -0.25) is 10.4 Å². The third-order valence-electron chi connectivity index (χ3n) is 0.599. The van der Waals surface area contributed by atoms with Crippen LogP contribution in [0, 0.1) is 5.41 Å². The van der Waals surface area contributed by atoms with Crippen molar-refractivity contribution in [1.29, 1.82) is 5.41 Å². The molecule has 0 aromatic rings. The lowest BCUT2D eigenvalue weighted by atomic mass is 10.4. The highest BCUT2D eigenvalue weighted by molar-refractivity contribution is 5.92. The number of hydrogen-bond acceptors (Lipinski definition) is 2. The van der Waals surface area contributed by atoms with E-state index in [1.165, 1.54) is 12.6 Å². The molecule has 0 rings (SSSR count). The number of amidine groups is 1. The second-order valence-corrected chi connectivity index (χ2v) is 1.43. The number of rotatable bonds is 3. The predicted octanol–water partition coefficient (Wildman–Crippen LogP) is 0.0414. The third-order valence-corrected chi connectivity index (χ3v) is 0.599. The molecule has 0 fully saturated rings. The van der Waals surface area contributed by atoms with Gasteiger partial charge >= 0.3 is 0 Å². The van der Waals surface area contributed by atoms with Crippen molar-refractivity contribution < 1.29 is 0 Å². The molecular weight excluding hydrogens is 116 g/mol. The highest BCUT2D eigenvalue weighted by Crippen LogP contribution is 1.68. The highest BCUT2D eigenvalue weighted by Gasteiger charge is 1.79. The first-order valence-corrected chi connectivity index (χ1v) is 2.52. The Morgan fingerprint density at radius 2 is 2.44 bits per heavy atom. The van der Waals surface area contributed by atoms with Crippen LogP contribution in [0.4, 0.5) is 0 Å². The van der Waals surface area contributed by atoms with Gasteiger partial charge in [0.05, 0.1) is 5.84 Å². The van der Waals surface area contributed by atoms with E-state index in [1.54, 1.807) is 7.05 Å². The van der Waals surface area contributed by atoms with E-state index in [-0.39, 0.29) is 5.84 Å². The normalized spacial score (nSPS) is 11.2. The van der Waals surface area contributed by atoms with Gasteiger partial charge < -0.3 is 5.73 Å². The lowest BCUT2D eigenvalue weighted by Crippen LogP contribution is -2.09. The first-order chi connectivity index (χ1) is 4.27. The standard InChI is InChI=1S/C5H10N4/c1-8-4-9-3-2-5(6)7/h3-4H,2H2,1H3,(H3,6,7). The molecule has 4 heteroatoms. The van der Waals surface area contributed by atoms with Crippen molar-refractivity contribution in [3.63, 3.8) is 0 Å². The average molecular weight is 126 g/mol. The Bertz CT molecular complexity index is 136. The van der Waals surface area contributed by atoms with Gasteiger partial charge in [-0.25, -0.2) is 4.99 Å². The molecule has 0 amide bonds. The summed E-state index contributed by atoms with van der Waals surface area (Å²) >= 11 is 0. The quantitative estimate of drug-likeness (QED) is 0.406. The Kier molecular flexibility index (Phi) is 4.30. The molecule has 4 nitrogen and oxygen atoms in total. The monoisotopic (exact) mass is 126 g/mol. The van der Waals surface area contributed by atoms with Gasteiger partial charge in [0, 0.05) is 19.7 Å². The van der Waals surface area contributed by atoms with Gasteiger partial charge in [-0.2, -0.15) is 0 Å². The number of aliphatic imine (C=N–C) groups is 2. The van der Waals surface area contributed by atoms with Crippen molar-refractivity contribution in [2.45, 2.75) is 6.42 Å². The van der Waals surface area contributed by atoms with E-state index in [4.69, 9.17) is 11.1 Å². The van der Waals surface area contributed by atoms with E-state index >= 15 is 0 Å². The first-order valence-electron chi connectivity index (χ1n) is 2.52. The van der Waals surface area contributed by atoms with Crippen LogP contribution < -0.4 is 5.73 Å². The first kappa shape index (κ1) is 7.81. The summed E-state index contributed by atoms with van der Waals surface area (Å²) in [5, 5.41) is 6.77. The number of hydrogen-bond donors (Lipinski definition) is 2. The molecule has 0 spiro atoms. The Morgan fingerprint density at radius 1 is 1.78 bits per heavy atom. The van der Waals surface area contributed by atoms with Gasteiger partial charge in [0.25, 0.3) is 0 Å². The van der Waals surface area contributed by atoms with Gasteiger partial charge in [-0.05, 0) is 0 Å². The molecule has 0 heterocycles. The van der Waals surface area contributed by atoms with Crippen LogP contribution in [0.3, 0.4) is 0 Å². The minimum atomic E-state index is 0.114. The molecule has 0 aromatic heterocycles. The molecule has 0 aliphatic rings. The highest BCUT2D eigenvalue weighted by atomic mass is 14.8. The minimum Gasteiger partial charge on any atom is -0.387 e. The van der Waals surface area contributed by atoms with Crippen LogP contribution in [0.25, 0.3) is 0 Å². The third kappa shape index (κ3) is 6.81. The molecule has 0 aliphatic carbocycles. The van der Waals surface area contributed by atoms with Crippen molar-refractivity contribution in [2.24, 2.45) is 15.7 Å². The summed E-state index contributed by atoms with van der Waals surface area (Å²) in [5.74, 6) is 0.114. The van der Waals surface area contributed by atoms with E-state index < -0.39 is 0 Å². The van der Waals surface area contributed by atoms with Crippen molar-refractivity contribution in [3.05, 3.63) is 0 Å². The Labute approximate surface area is 54.0 Å². The summed E-state index contributed by atoms with van der Waals surface area (Å²) in [4.78, 5) is 7.29. The summed E-state index contributed by atoms with van der Waals surface area (Å²) in [5.41, 5.74) is 5.02. The van der Waals surface area contributed by atoms with Crippen molar-refractivity contribution >= 4 is 18.4 Å². The zero-order chi connectivity index (χ0) is 7.11. The van der Waals surface area contributed by atoms with E-state index in [9.17, 15) is 0 Å². The fourth-order valence-electron chi connectivity index (χ4n) is 0.265. The summed E-state index contributed by atoms with van der Waals surface area (Å²) in [6, 6.07) is 0. The minimum absolute atomic E-state index is 0.114. The summed E-state index contributed by atoms with van der Waals surface area (Å²) in [6.07, 6.45) is 3.34. The van der Waals surface area contributed by atoms with E-state index in [2.05, 4.69) is 9.98 Å². The summed E-state index contributed by atoms with van der Waals surface area (Å²) in [7, 11) is 1.63. The molecule has 0 saturated heterocycles. The lowest BCUT2D eigenvalue weighted by Gasteiger charge is -1.83. The average Bonchev–Trinajstić information content (AvgIpc) is 1.80. The smallest absolute Gasteiger partial charge is 0.109 e. The fourth-order valence-corrected chi connectivity index (χ4v) is 0.265. The van der Waals surface area contributed by atoms with Crippen molar-refractivity contribution in [3.8, 4) is 0 Å². The topological polar surface area (TPSA) is 74.6 Å². The molecule has 3 N–H and O–H groups in total. The van der Waals surface area contributed by atoms with Gasteiger partial charge in [0.2, 0.25) is 0 Å². The molecule has 50 valence electrons. The van der Waals surface area contributed by atoms with Crippen LogP contribution in [-0.4, -0.2) is 25.4 Å². The molecule has 0 bridgehead atoms. The molecule has 0 aliphatic heterocycles.